The molecule has 1 aromatic carbocycles. The van der Waals surface area contributed by atoms with Crippen LogP contribution in [0, 0.1) is 0 Å². The minimum Gasteiger partial charge on any atom is -0.366 e. The number of hydrogen-bond acceptors (Lipinski definition) is 4. The third-order valence-electron chi connectivity index (χ3n) is 4.12. The average molecular weight is 371 g/mol. The molecule has 0 amide bonds. The Morgan fingerprint density at radius 3 is 2.52 bits per heavy atom. The van der Waals surface area contributed by atoms with Crippen LogP contribution >= 0.6 is 11.6 Å². The van der Waals surface area contributed by atoms with Crippen molar-refractivity contribution in [2.75, 3.05) is 10.6 Å². The highest BCUT2D eigenvalue weighted by atomic mass is 35.5. The van der Waals surface area contributed by atoms with Gasteiger partial charge in [0.2, 0.25) is 5.95 Å². The summed E-state index contributed by atoms with van der Waals surface area (Å²) in [6, 6.07) is 8.18. The molecule has 1 aliphatic carbocycles. The molecule has 8 heteroatoms. The summed E-state index contributed by atoms with van der Waals surface area (Å²) in [4.78, 5) is 7.81. The largest absolute Gasteiger partial charge is 0.433 e. The van der Waals surface area contributed by atoms with E-state index in [-0.39, 0.29) is 24.4 Å². The lowest BCUT2D eigenvalue weighted by atomic mass is 10.2. The number of hydrogen-bond donors (Lipinski definition) is 2. The van der Waals surface area contributed by atoms with E-state index in [1.807, 2.05) is 6.07 Å². The molecule has 0 bridgehead atoms. The van der Waals surface area contributed by atoms with E-state index in [0.29, 0.717) is 5.02 Å². The van der Waals surface area contributed by atoms with Crippen LogP contribution in [0.3, 0.4) is 0 Å². The second kappa shape index (κ2) is 7.47. The van der Waals surface area contributed by atoms with Crippen molar-refractivity contribution in [1.82, 2.24) is 9.97 Å². The van der Waals surface area contributed by atoms with Crippen LogP contribution in [-0.4, -0.2) is 16.0 Å². The Morgan fingerprint density at radius 2 is 1.84 bits per heavy atom. The maximum Gasteiger partial charge on any atom is 0.433 e. The second-order valence-corrected chi connectivity index (χ2v) is 6.44. The van der Waals surface area contributed by atoms with Gasteiger partial charge in [0.1, 0.15) is 5.82 Å². The molecule has 0 spiro atoms. The van der Waals surface area contributed by atoms with Gasteiger partial charge in [-0.3, -0.25) is 0 Å². The standard InChI is InChI=1S/C17H18ClF3N4/c18-13-8-4-1-5-11(13)10-22-15-9-14(17(19,20)21)24-16(25-15)23-12-6-2-3-7-12/h1,4-5,8-9,12H,2-3,6-7,10H2,(H2,22,23,24,25). The van der Waals surface area contributed by atoms with Crippen molar-refractivity contribution in [2.45, 2.75) is 44.4 Å². The molecule has 3 rings (SSSR count). The number of alkyl halides is 3. The van der Waals surface area contributed by atoms with Crippen LogP contribution in [0.25, 0.3) is 0 Å². The third kappa shape index (κ3) is 4.75. The molecule has 0 saturated heterocycles. The molecule has 2 aromatic rings. The molecule has 0 unspecified atom stereocenters. The Hall–Kier alpha value is -2.02. The Kier molecular flexibility index (Phi) is 5.32. The summed E-state index contributed by atoms with van der Waals surface area (Å²) < 4.78 is 39.4. The maximum atomic E-state index is 13.1. The summed E-state index contributed by atoms with van der Waals surface area (Å²) in [7, 11) is 0. The van der Waals surface area contributed by atoms with Gasteiger partial charge in [-0.1, -0.05) is 42.6 Å². The van der Waals surface area contributed by atoms with Crippen LogP contribution < -0.4 is 10.6 Å². The van der Waals surface area contributed by atoms with Crippen molar-refractivity contribution in [1.29, 1.82) is 0 Å². The molecule has 1 aromatic heterocycles. The Balaban J connectivity index is 1.80. The molecular weight excluding hydrogens is 353 g/mol. The monoisotopic (exact) mass is 370 g/mol. The van der Waals surface area contributed by atoms with Gasteiger partial charge in [0.15, 0.2) is 5.69 Å². The zero-order valence-corrected chi connectivity index (χ0v) is 14.2. The van der Waals surface area contributed by atoms with Crippen LogP contribution in [0.5, 0.6) is 0 Å². The molecule has 0 radical (unpaired) electrons. The number of benzene rings is 1. The van der Waals surface area contributed by atoms with Crippen molar-refractivity contribution < 1.29 is 13.2 Å². The maximum absolute atomic E-state index is 13.1. The van der Waals surface area contributed by atoms with Gasteiger partial charge in [0.25, 0.3) is 0 Å². The van der Waals surface area contributed by atoms with Crippen LogP contribution in [0.1, 0.15) is 36.9 Å². The highest BCUT2D eigenvalue weighted by Crippen LogP contribution is 2.30. The quantitative estimate of drug-likeness (QED) is 0.767. The van der Waals surface area contributed by atoms with E-state index < -0.39 is 11.9 Å². The van der Waals surface area contributed by atoms with Crippen LogP contribution in [-0.2, 0) is 12.7 Å². The van der Waals surface area contributed by atoms with Crippen LogP contribution in [0.2, 0.25) is 5.02 Å². The first-order valence-electron chi connectivity index (χ1n) is 8.12. The third-order valence-corrected chi connectivity index (χ3v) is 4.49. The molecule has 0 atom stereocenters. The summed E-state index contributed by atoms with van der Waals surface area (Å²) in [5, 5.41) is 6.46. The van der Waals surface area contributed by atoms with Gasteiger partial charge in [0.05, 0.1) is 0 Å². The zero-order chi connectivity index (χ0) is 17.9. The summed E-state index contributed by atoms with van der Waals surface area (Å²) in [6.07, 6.45) is -0.567. The lowest BCUT2D eigenvalue weighted by Gasteiger charge is -2.16. The number of anilines is 2. The summed E-state index contributed by atoms with van der Waals surface area (Å²) >= 11 is 6.07. The molecule has 25 heavy (non-hydrogen) atoms. The van der Waals surface area contributed by atoms with Crippen molar-refractivity contribution in [2.24, 2.45) is 0 Å². The van der Waals surface area contributed by atoms with E-state index >= 15 is 0 Å². The lowest BCUT2D eigenvalue weighted by molar-refractivity contribution is -0.141. The molecule has 2 N–H and O–H groups in total. The first-order valence-corrected chi connectivity index (χ1v) is 8.50. The fourth-order valence-electron chi connectivity index (χ4n) is 2.83. The predicted molar refractivity (Wildman–Crippen MR) is 91.7 cm³/mol. The van der Waals surface area contributed by atoms with Gasteiger partial charge in [-0.15, -0.1) is 0 Å². The number of aromatic nitrogens is 2. The fraction of sp³-hybridized carbons (Fsp3) is 0.412. The smallest absolute Gasteiger partial charge is 0.366 e. The lowest BCUT2D eigenvalue weighted by Crippen LogP contribution is -2.19. The van der Waals surface area contributed by atoms with E-state index in [0.717, 1.165) is 37.3 Å². The summed E-state index contributed by atoms with van der Waals surface area (Å²) in [6.45, 7) is 0.275. The normalized spacial score (nSPS) is 15.4. The molecule has 4 nitrogen and oxygen atoms in total. The van der Waals surface area contributed by atoms with Gasteiger partial charge in [0, 0.05) is 23.7 Å². The first kappa shape index (κ1) is 17.8. The number of nitrogens with zero attached hydrogens (tertiary/aromatic N) is 2. The molecule has 1 fully saturated rings. The molecule has 1 saturated carbocycles. The van der Waals surface area contributed by atoms with Gasteiger partial charge < -0.3 is 10.6 Å². The Bertz CT molecular complexity index is 730. The molecular formula is C17H18ClF3N4. The van der Waals surface area contributed by atoms with E-state index in [2.05, 4.69) is 20.6 Å². The summed E-state index contributed by atoms with van der Waals surface area (Å²) in [5.74, 6) is 0.117. The van der Waals surface area contributed by atoms with Gasteiger partial charge in [-0.05, 0) is 24.5 Å². The van der Waals surface area contributed by atoms with Gasteiger partial charge in [-0.2, -0.15) is 18.2 Å². The number of nitrogens with one attached hydrogen (secondary N) is 2. The van der Waals surface area contributed by atoms with Crippen molar-refractivity contribution in [3.63, 3.8) is 0 Å². The number of halogens is 4. The highest BCUT2D eigenvalue weighted by Gasteiger charge is 2.34. The SMILES string of the molecule is FC(F)(F)c1cc(NCc2ccccc2Cl)nc(NC2CCCC2)n1. The number of rotatable bonds is 5. The molecule has 134 valence electrons. The molecule has 1 heterocycles. The molecule has 1 aliphatic rings. The van der Waals surface area contributed by atoms with Crippen LogP contribution in [0.4, 0.5) is 24.9 Å². The predicted octanol–water partition coefficient (Wildman–Crippen LogP) is 5.12. The Labute approximate surface area is 148 Å². The van der Waals surface area contributed by atoms with E-state index in [4.69, 9.17) is 11.6 Å². The zero-order valence-electron chi connectivity index (χ0n) is 13.4. The minimum absolute atomic E-state index is 0.00313. The summed E-state index contributed by atoms with van der Waals surface area (Å²) in [5.41, 5.74) is -0.189. The van der Waals surface area contributed by atoms with Gasteiger partial charge >= 0.3 is 6.18 Å². The fourth-order valence-corrected chi connectivity index (χ4v) is 3.03. The van der Waals surface area contributed by atoms with E-state index in [1.54, 1.807) is 18.2 Å². The topological polar surface area (TPSA) is 49.8 Å². The van der Waals surface area contributed by atoms with E-state index in [9.17, 15) is 13.2 Å². The molecule has 0 aliphatic heterocycles. The van der Waals surface area contributed by atoms with Crippen molar-refractivity contribution in [3.05, 3.63) is 46.6 Å². The second-order valence-electron chi connectivity index (χ2n) is 6.03. The van der Waals surface area contributed by atoms with E-state index in [1.165, 1.54) is 0 Å². The van der Waals surface area contributed by atoms with Crippen molar-refractivity contribution >= 4 is 23.4 Å². The first-order chi connectivity index (χ1) is 11.9. The highest BCUT2D eigenvalue weighted by molar-refractivity contribution is 6.31. The average Bonchev–Trinajstić information content (AvgIpc) is 3.06. The van der Waals surface area contributed by atoms with Gasteiger partial charge in [-0.25, -0.2) is 4.98 Å². The Morgan fingerprint density at radius 1 is 1.12 bits per heavy atom. The minimum atomic E-state index is -4.53. The van der Waals surface area contributed by atoms with Crippen molar-refractivity contribution in [3.8, 4) is 0 Å². The van der Waals surface area contributed by atoms with Crippen LogP contribution in [0.15, 0.2) is 30.3 Å².